The van der Waals surface area contributed by atoms with E-state index in [2.05, 4.69) is 21.2 Å². The summed E-state index contributed by atoms with van der Waals surface area (Å²) in [4.78, 5) is 36.6. The summed E-state index contributed by atoms with van der Waals surface area (Å²) in [5.74, 6) is 0.0271. The van der Waals surface area contributed by atoms with Crippen LogP contribution >= 0.6 is 15.9 Å². The van der Waals surface area contributed by atoms with Crippen molar-refractivity contribution in [2.24, 2.45) is 5.92 Å². The van der Waals surface area contributed by atoms with Crippen LogP contribution in [0.1, 0.15) is 44.0 Å². The predicted octanol–water partition coefficient (Wildman–Crippen LogP) is 3.73. The van der Waals surface area contributed by atoms with E-state index in [9.17, 15) is 19.7 Å². The Morgan fingerprint density at radius 1 is 1.33 bits per heavy atom. The SMILES string of the molecule is CC(C)(C)OC(=O)NCC1CCN(C(=O)c2cccc([N+](=O)[O-])c2Br)CC1. The van der Waals surface area contributed by atoms with Crippen LogP contribution in [0, 0.1) is 16.0 Å². The number of likely N-dealkylation sites (tertiary alicyclic amines) is 1. The van der Waals surface area contributed by atoms with Gasteiger partial charge in [0.25, 0.3) is 11.6 Å². The number of nitro benzene ring substituents is 1. The minimum atomic E-state index is -0.536. The number of carbonyl (C=O) groups excluding carboxylic acids is 2. The molecule has 1 saturated heterocycles. The number of nitro groups is 1. The lowest BCUT2D eigenvalue weighted by Gasteiger charge is -2.32. The van der Waals surface area contributed by atoms with Gasteiger partial charge in [0.1, 0.15) is 10.1 Å². The van der Waals surface area contributed by atoms with Gasteiger partial charge in [-0.1, -0.05) is 6.07 Å². The molecule has 1 aliphatic rings. The Balaban J connectivity index is 1.89. The van der Waals surface area contributed by atoms with Crippen LogP contribution < -0.4 is 5.32 Å². The summed E-state index contributed by atoms with van der Waals surface area (Å²) in [6.45, 7) is 6.99. The van der Waals surface area contributed by atoms with E-state index in [-0.39, 0.29) is 27.5 Å². The summed E-state index contributed by atoms with van der Waals surface area (Å²) in [6.07, 6.45) is 1.05. The molecule has 0 aliphatic carbocycles. The first-order valence-corrected chi connectivity index (χ1v) is 9.57. The molecule has 1 fully saturated rings. The van der Waals surface area contributed by atoms with Gasteiger partial charge in [-0.25, -0.2) is 4.79 Å². The molecule has 2 amide bonds. The molecule has 0 saturated carbocycles. The zero-order chi connectivity index (χ0) is 20.2. The van der Waals surface area contributed by atoms with Crippen molar-refractivity contribution < 1.29 is 19.2 Å². The summed E-state index contributed by atoms with van der Waals surface area (Å²) in [5, 5.41) is 13.8. The first-order valence-electron chi connectivity index (χ1n) is 8.77. The number of halogens is 1. The molecule has 27 heavy (non-hydrogen) atoms. The zero-order valence-corrected chi connectivity index (χ0v) is 17.2. The van der Waals surface area contributed by atoms with Gasteiger partial charge in [-0.2, -0.15) is 0 Å². The molecule has 1 heterocycles. The van der Waals surface area contributed by atoms with Crippen LogP contribution in [-0.2, 0) is 4.74 Å². The molecule has 0 aromatic heterocycles. The third-order valence-electron chi connectivity index (χ3n) is 4.24. The molecular weight excluding hydrogens is 418 g/mol. The molecule has 9 heteroatoms. The lowest BCUT2D eigenvalue weighted by Crippen LogP contribution is -2.42. The molecule has 2 rings (SSSR count). The van der Waals surface area contributed by atoms with Crippen molar-refractivity contribution in [3.63, 3.8) is 0 Å². The number of alkyl carbamates (subject to hydrolysis) is 1. The Kier molecular flexibility index (Phi) is 6.80. The second kappa shape index (κ2) is 8.69. The Morgan fingerprint density at radius 3 is 2.52 bits per heavy atom. The predicted molar refractivity (Wildman–Crippen MR) is 104 cm³/mol. The number of ether oxygens (including phenoxy) is 1. The molecule has 8 nitrogen and oxygen atoms in total. The lowest BCUT2D eigenvalue weighted by molar-refractivity contribution is -0.385. The number of carbonyl (C=O) groups is 2. The Hall–Kier alpha value is -2.16. The van der Waals surface area contributed by atoms with Gasteiger partial charge in [0, 0.05) is 25.7 Å². The van der Waals surface area contributed by atoms with Crippen LogP contribution in [0.5, 0.6) is 0 Å². The van der Waals surface area contributed by atoms with Crippen molar-refractivity contribution in [1.29, 1.82) is 0 Å². The summed E-state index contributed by atoms with van der Waals surface area (Å²) >= 11 is 3.18. The topological polar surface area (TPSA) is 102 Å². The Labute approximate surface area is 166 Å². The molecule has 0 bridgehead atoms. The van der Waals surface area contributed by atoms with E-state index >= 15 is 0 Å². The standard InChI is InChI=1S/C18H24BrN3O5/c1-18(2,3)27-17(24)20-11-12-7-9-21(10-8-12)16(23)13-5-4-6-14(15(13)19)22(25)26/h4-6,12H,7-11H2,1-3H3,(H,20,24). The molecular formula is C18H24BrN3O5. The molecule has 1 aromatic rings. The van der Waals surface area contributed by atoms with Crippen LogP contribution in [0.2, 0.25) is 0 Å². The monoisotopic (exact) mass is 441 g/mol. The van der Waals surface area contributed by atoms with Gasteiger partial charge in [-0.15, -0.1) is 0 Å². The van der Waals surface area contributed by atoms with E-state index in [0.717, 1.165) is 12.8 Å². The van der Waals surface area contributed by atoms with Crippen molar-refractivity contribution in [2.45, 2.75) is 39.2 Å². The number of rotatable bonds is 4. The van der Waals surface area contributed by atoms with Gasteiger partial charge in [-0.3, -0.25) is 14.9 Å². The maximum absolute atomic E-state index is 12.7. The average Bonchev–Trinajstić information content (AvgIpc) is 2.58. The maximum Gasteiger partial charge on any atom is 0.407 e. The van der Waals surface area contributed by atoms with Gasteiger partial charge in [0.15, 0.2) is 0 Å². The van der Waals surface area contributed by atoms with Crippen LogP contribution in [0.3, 0.4) is 0 Å². The molecule has 1 aromatic carbocycles. The Bertz CT molecular complexity index is 724. The van der Waals surface area contributed by atoms with E-state index in [1.54, 1.807) is 11.0 Å². The summed E-state index contributed by atoms with van der Waals surface area (Å²) in [6, 6.07) is 4.44. The second-order valence-corrected chi connectivity index (χ2v) is 8.31. The highest BCUT2D eigenvalue weighted by Gasteiger charge is 2.27. The fourth-order valence-electron chi connectivity index (χ4n) is 2.88. The molecule has 148 valence electrons. The highest BCUT2D eigenvalue weighted by atomic mass is 79.9. The summed E-state index contributed by atoms with van der Waals surface area (Å²) in [7, 11) is 0. The van der Waals surface area contributed by atoms with Crippen molar-refractivity contribution in [3.8, 4) is 0 Å². The minimum absolute atomic E-state index is 0.128. The first kappa shape index (κ1) is 21.1. The number of amides is 2. The van der Waals surface area contributed by atoms with E-state index in [0.29, 0.717) is 19.6 Å². The van der Waals surface area contributed by atoms with Gasteiger partial charge in [-0.05, 0) is 61.5 Å². The summed E-state index contributed by atoms with van der Waals surface area (Å²) in [5.41, 5.74) is -0.377. The van der Waals surface area contributed by atoms with Crippen molar-refractivity contribution >= 4 is 33.6 Å². The fourth-order valence-corrected chi connectivity index (χ4v) is 3.46. The van der Waals surface area contributed by atoms with Gasteiger partial charge >= 0.3 is 6.09 Å². The quantitative estimate of drug-likeness (QED) is 0.566. The van der Waals surface area contributed by atoms with Crippen molar-refractivity contribution in [3.05, 3.63) is 38.3 Å². The van der Waals surface area contributed by atoms with Crippen molar-refractivity contribution in [2.75, 3.05) is 19.6 Å². The van der Waals surface area contributed by atoms with Crippen LogP contribution in [0.25, 0.3) is 0 Å². The van der Waals surface area contributed by atoms with Gasteiger partial charge < -0.3 is 15.0 Å². The second-order valence-electron chi connectivity index (χ2n) is 7.51. The molecule has 0 atom stereocenters. The van der Waals surface area contributed by atoms with Gasteiger partial charge in [0.05, 0.1) is 10.5 Å². The smallest absolute Gasteiger partial charge is 0.407 e. The normalized spacial score (nSPS) is 15.3. The third-order valence-corrected chi connectivity index (χ3v) is 5.07. The average molecular weight is 442 g/mol. The largest absolute Gasteiger partial charge is 0.444 e. The first-order chi connectivity index (χ1) is 12.6. The molecule has 1 aliphatic heterocycles. The van der Waals surface area contributed by atoms with E-state index < -0.39 is 16.6 Å². The molecule has 0 radical (unpaired) electrons. The van der Waals surface area contributed by atoms with Crippen molar-refractivity contribution in [1.82, 2.24) is 10.2 Å². The van der Waals surface area contributed by atoms with Crippen LogP contribution in [0.15, 0.2) is 22.7 Å². The number of nitrogens with one attached hydrogen (secondary N) is 1. The zero-order valence-electron chi connectivity index (χ0n) is 15.7. The highest BCUT2D eigenvalue weighted by molar-refractivity contribution is 9.10. The van der Waals surface area contributed by atoms with Crippen LogP contribution in [0.4, 0.5) is 10.5 Å². The fraction of sp³-hybridized carbons (Fsp3) is 0.556. The number of benzene rings is 1. The summed E-state index contributed by atoms with van der Waals surface area (Å²) < 4.78 is 5.42. The van der Waals surface area contributed by atoms with Gasteiger partial charge in [0.2, 0.25) is 0 Å². The molecule has 1 N–H and O–H groups in total. The number of piperidine rings is 1. The third kappa shape index (κ3) is 5.92. The minimum Gasteiger partial charge on any atom is -0.444 e. The number of nitrogens with zero attached hydrogens (tertiary/aromatic N) is 2. The highest BCUT2D eigenvalue weighted by Crippen LogP contribution is 2.30. The van der Waals surface area contributed by atoms with Crippen LogP contribution in [-0.4, -0.2) is 47.1 Å². The Morgan fingerprint density at radius 2 is 1.96 bits per heavy atom. The van der Waals surface area contributed by atoms with E-state index in [1.165, 1.54) is 12.1 Å². The number of hydrogen-bond acceptors (Lipinski definition) is 5. The van der Waals surface area contributed by atoms with E-state index in [4.69, 9.17) is 4.74 Å². The molecule has 0 unspecified atom stereocenters. The number of hydrogen-bond donors (Lipinski definition) is 1. The maximum atomic E-state index is 12.7. The van der Waals surface area contributed by atoms with E-state index in [1.807, 2.05) is 20.8 Å². The molecule has 0 spiro atoms. The lowest BCUT2D eigenvalue weighted by atomic mass is 9.96.